The van der Waals surface area contributed by atoms with Crippen LogP contribution in [0.3, 0.4) is 0 Å². The first-order valence-corrected chi connectivity index (χ1v) is 7.35. The van der Waals surface area contributed by atoms with Crippen molar-refractivity contribution >= 4 is 21.4 Å². The van der Waals surface area contributed by atoms with E-state index < -0.39 is 10.0 Å². The second-order valence-electron chi connectivity index (χ2n) is 4.02. The Morgan fingerprint density at radius 3 is 2.24 bits per heavy atom. The first-order valence-electron chi connectivity index (χ1n) is 5.87. The minimum absolute atomic E-state index is 0.0789. The average molecular weight is 304 g/mol. The highest BCUT2D eigenvalue weighted by molar-refractivity contribution is 7.92. The number of anilines is 1. The van der Waals surface area contributed by atoms with E-state index in [0.717, 1.165) is 0 Å². The topological polar surface area (TPSA) is 104 Å². The molecule has 0 heterocycles. The van der Waals surface area contributed by atoms with E-state index >= 15 is 0 Å². The molecule has 2 aromatic carbocycles. The molecule has 0 aromatic heterocycles. The van der Waals surface area contributed by atoms with Crippen molar-refractivity contribution in [3.63, 3.8) is 0 Å². The third-order valence-corrected chi connectivity index (χ3v) is 4.05. The van der Waals surface area contributed by atoms with Crippen LogP contribution in [0.15, 0.2) is 58.5 Å². The number of sulfonamides is 1. The Labute approximate surface area is 121 Å². The largest absolute Gasteiger partial charge is 0.497 e. The molecule has 8 heteroatoms. The number of hydrogen-bond acceptors (Lipinski definition) is 4. The zero-order chi connectivity index (χ0) is 15.3. The Morgan fingerprint density at radius 2 is 1.71 bits per heavy atom. The van der Waals surface area contributed by atoms with E-state index in [9.17, 15) is 8.42 Å². The zero-order valence-corrected chi connectivity index (χ0v) is 11.9. The SMILES string of the molecule is COc1ccc(NS(=O)(=O)c2ccc(N=[N+]=[N-])cc2)cc1. The Morgan fingerprint density at radius 1 is 1.10 bits per heavy atom. The molecule has 108 valence electrons. The van der Waals surface area contributed by atoms with Crippen molar-refractivity contribution in [1.82, 2.24) is 0 Å². The van der Waals surface area contributed by atoms with Crippen molar-refractivity contribution in [1.29, 1.82) is 0 Å². The highest BCUT2D eigenvalue weighted by Gasteiger charge is 2.13. The summed E-state index contributed by atoms with van der Waals surface area (Å²) in [6.45, 7) is 0. The Hall–Kier alpha value is -2.70. The Balaban J connectivity index is 2.22. The van der Waals surface area contributed by atoms with Crippen LogP contribution in [0.5, 0.6) is 5.75 Å². The molecule has 0 saturated carbocycles. The van der Waals surface area contributed by atoms with E-state index in [4.69, 9.17) is 10.3 Å². The van der Waals surface area contributed by atoms with Crippen LogP contribution in [0.2, 0.25) is 0 Å². The summed E-state index contributed by atoms with van der Waals surface area (Å²) in [5, 5.41) is 3.38. The third kappa shape index (κ3) is 3.65. The van der Waals surface area contributed by atoms with Crippen LogP contribution in [-0.2, 0) is 10.0 Å². The van der Waals surface area contributed by atoms with Crippen molar-refractivity contribution < 1.29 is 13.2 Å². The highest BCUT2D eigenvalue weighted by atomic mass is 32.2. The van der Waals surface area contributed by atoms with Crippen LogP contribution in [0, 0.1) is 0 Å². The maximum atomic E-state index is 12.2. The van der Waals surface area contributed by atoms with Crippen molar-refractivity contribution in [3.05, 3.63) is 59.0 Å². The molecule has 21 heavy (non-hydrogen) atoms. The fraction of sp³-hybridized carbons (Fsp3) is 0.0769. The minimum atomic E-state index is -3.69. The van der Waals surface area contributed by atoms with Gasteiger partial charge in [0.15, 0.2) is 0 Å². The molecule has 0 atom stereocenters. The molecule has 0 aliphatic heterocycles. The maximum Gasteiger partial charge on any atom is 0.261 e. The van der Waals surface area contributed by atoms with Gasteiger partial charge in [0.05, 0.1) is 12.0 Å². The van der Waals surface area contributed by atoms with Gasteiger partial charge in [0, 0.05) is 16.3 Å². The first kappa shape index (κ1) is 14.7. The third-order valence-electron chi connectivity index (χ3n) is 2.65. The lowest BCUT2D eigenvalue weighted by molar-refractivity contribution is 0.415. The molecule has 0 unspecified atom stereocenters. The standard InChI is InChI=1S/C13H12N4O3S/c1-20-12-6-2-11(3-7-12)16-21(18,19)13-8-4-10(5-9-13)15-17-14/h2-9,16H,1H3. The van der Waals surface area contributed by atoms with Gasteiger partial charge in [-0.25, -0.2) is 8.42 Å². The highest BCUT2D eigenvalue weighted by Crippen LogP contribution is 2.21. The number of nitrogens with zero attached hydrogens (tertiary/aromatic N) is 3. The van der Waals surface area contributed by atoms with Crippen molar-refractivity contribution in [3.8, 4) is 5.75 Å². The summed E-state index contributed by atoms with van der Waals surface area (Å²) < 4.78 is 31.8. The number of azide groups is 1. The number of ether oxygens (including phenoxy) is 1. The van der Waals surface area contributed by atoms with Gasteiger partial charge >= 0.3 is 0 Å². The number of nitrogens with one attached hydrogen (secondary N) is 1. The van der Waals surface area contributed by atoms with Gasteiger partial charge in [-0.2, -0.15) is 0 Å². The summed E-state index contributed by atoms with van der Waals surface area (Å²) in [6, 6.07) is 12.1. The summed E-state index contributed by atoms with van der Waals surface area (Å²) in [5.41, 5.74) is 9.08. The van der Waals surface area contributed by atoms with Crippen LogP contribution in [-0.4, -0.2) is 15.5 Å². The summed E-state index contributed by atoms with van der Waals surface area (Å²) in [4.78, 5) is 2.71. The van der Waals surface area contributed by atoms with Gasteiger partial charge < -0.3 is 4.74 Å². The number of benzene rings is 2. The molecule has 0 radical (unpaired) electrons. The Bertz CT molecular complexity index is 764. The first-order chi connectivity index (χ1) is 10.0. The molecule has 2 aromatic rings. The number of methoxy groups -OCH3 is 1. The molecule has 0 amide bonds. The lowest BCUT2D eigenvalue weighted by atomic mass is 10.3. The molecule has 7 nitrogen and oxygen atoms in total. The normalized spacial score (nSPS) is 10.5. The molecule has 0 spiro atoms. The van der Waals surface area contributed by atoms with Gasteiger partial charge in [-0.05, 0) is 41.9 Å². The minimum Gasteiger partial charge on any atom is -0.497 e. The van der Waals surface area contributed by atoms with Crippen LogP contribution >= 0.6 is 0 Å². The van der Waals surface area contributed by atoms with Gasteiger partial charge in [0.2, 0.25) is 0 Å². The quantitative estimate of drug-likeness (QED) is 0.519. The molecular weight excluding hydrogens is 292 g/mol. The summed E-state index contributed by atoms with van der Waals surface area (Å²) in [7, 11) is -2.16. The maximum absolute atomic E-state index is 12.2. The van der Waals surface area contributed by atoms with Gasteiger partial charge in [-0.3, -0.25) is 4.72 Å². The molecule has 0 bridgehead atoms. The van der Waals surface area contributed by atoms with E-state index in [2.05, 4.69) is 14.7 Å². The fourth-order valence-electron chi connectivity index (χ4n) is 1.62. The van der Waals surface area contributed by atoms with Crippen LogP contribution in [0.1, 0.15) is 0 Å². The average Bonchev–Trinajstić information content (AvgIpc) is 2.48. The predicted molar refractivity (Wildman–Crippen MR) is 79.1 cm³/mol. The van der Waals surface area contributed by atoms with Crippen molar-refractivity contribution in [2.24, 2.45) is 5.11 Å². The van der Waals surface area contributed by atoms with E-state index in [1.165, 1.54) is 31.4 Å². The van der Waals surface area contributed by atoms with Crippen LogP contribution < -0.4 is 9.46 Å². The lowest BCUT2D eigenvalue weighted by Crippen LogP contribution is -2.12. The molecule has 2 rings (SSSR count). The molecule has 0 aliphatic rings. The van der Waals surface area contributed by atoms with E-state index in [-0.39, 0.29) is 4.90 Å². The van der Waals surface area contributed by atoms with Gasteiger partial charge in [0.1, 0.15) is 5.75 Å². The monoisotopic (exact) mass is 304 g/mol. The molecule has 0 aliphatic carbocycles. The van der Waals surface area contributed by atoms with Gasteiger partial charge in [-0.15, -0.1) is 0 Å². The van der Waals surface area contributed by atoms with Crippen LogP contribution in [0.4, 0.5) is 11.4 Å². The second-order valence-corrected chi connectivity index (χ2v) is 5.70. The molecule has 1 N–H and O–H groups in total. The van der Waals surface area contributed by atoms with Crippen LogP contribution in [0.25, 0.3) is 10.4 Å². The van der Waals surface area contributed by atoms with Crippen molar-refractivity contribution in [2.45, 2.75) is 4.90 Å². The Kier molecular flexibility index (Phi) is 4.32. The second kappa shape index (κ2) is 6.17. The van der Waals surface area contributed by atoms with Gasteiger partial charge in [-0.1, -0.05) is 17.2 Å². The summed E-state index contributed by atoms with van der Waals surface area (Å²) in [5.74, 6) is 0.636. The molecular formula is C13H12N4O3S. The summed E-state index contributed by atoms with van der Waals surface area (Å²) >= 11 is 0. The fourth-order valence-corrected chi connectivity index (χ4v) is 2.68. The van der Waals surface area contributed by atoms with E-state index in [1.54, 1.807) is 24.3 Å². The molecule has 0 saturated heterocycles. The predicted octanol–water partition coefficient (Wildman–Crippen LogP) is 3.44. The number of hydrogen-bond donors (Lipinski definition) is 1. The lowest BCUT2D eigenvalue weighted by Gasteiger charge is -2.08. The smallest absolute Gasteiger partial charge is 0.261 e. The van der Waals surface area contributed by atoms with E-state index in [0.29, 0.717) is 17.1 Å². The van der Waals surface area contributed by atoms with Crippen molar-refractivity contribution in [2.75, 3.05) is 11.8 Å². The zero-order valence-electron chi connectivity index (χ0n) is 11.1. The van der Waals surface area contributed by atoms with E-state index in [1.807, 2.05) is 0 Å². The molecule has 0 fully saturated rings. The summed E-state index contributed by atoms with van der Waals surface area (Å²) in [6.07, 6.45) is 0. The van der Waals surface area contributed by atoms with Gasteiger partial charge in [0.25, 0.3) is 10.0 Å². The number of rotatable bonds is 5.